The van der Waals surface area contributed by atoms with Gasteiger partial charge in [-0.1, -0.05) is 31.2 Å². The number of nitrogens with one attached hydrogen (secondary N) is 2. The molecule has 5 nitrogen and oxygen atoms in total. The highest BCUT2D eigenvalue weighted by molar-refractivity contribution is 8.00. The molecule has 1 aliphatic heterocycles. The highest BCUT2D eigenvalue weighted by Gasteiger charge is 2.26. The van der Waals surface area contributed by atoms with Crippen LogP contribution < -0.4 is 15.1 Å². The summed E-state index contributed by atoms with van der Waals surface area (Å²) in [5, 5.41) is 3.45. The summed E-state index contributed by atoms with van der Waals surface area (Å²) in [4.78, 5) is 29.4. The van der Waals surface area contributed by atoms with Crippen LogP contribution in [0.2, 0.25) is 0 Å². The molecule has 6 heteroatoms. The zero-order valence-electron chi connectivity index (χ0n) is 17.6. The van der Waals surface area contributed by atoms with Crippen LogP contribution in [0.4, 0.5) is 11.4 Å². The summed E-state index contributed by atoms with van der Waals surface area (Å²) in [5.74, 6) is -0.0198. The number of quaternary nitrogens is 1. The Labute approximate surface area is 177 Å². The molecule has 1 heterocycles. The number of anilines is 2. The Morgan fingerprint density at radius 1 is 1.14 bits per heavy atom. The Balaban J connectivity index is 1.62. The molecule has 0 aliphatic carbocycles. The van der Waals surface area contributed by atoms with E-state index in [-0.39, 0.29) is 24.9 Å². The van der Waals surface area contributed by atoms with Crippen molar-refractivity contribution in [1.29, 1.82) is 0 Å². The van der Waals surface area contributed by atoms with Crippen LogP contribution in [0, 0.1) is 13.8 Å². The minimum Gasteiger partial charge on any atom is -0.322 e. The number of likely N-dealkylation sites (N-methyl/N-ethyl adjacent to an activating group) is 1. The first-order chi connectivity index (χ1) is 13.8. The number of carbonyl (C=O) groups excluding carboxylic acids is 2. The van der Waals surface area contributed by atoms with E-state index in [4.69, 9.17) is 0 Å². The summed E-state index contributed by atoms with van der Waals surface area (Å²) in [6.07, 6.45) is 0.956. The van der Waals surface area contributed by atoms with Crippen molar-refractivity contribution in [3.8, 4) is 0 Å². The topological polar surface area (TPSA) is 53.9 Å². The van der Waals surface area contributed by atoms with Crippen molar-refractivity contribution in [3.05, 3.63) is 53.6 Å². The van der Waals surface area contributed by atoms with Crippen LogP contribution >= 0.6 is 11.8 Å². The van der Waals surface area contributed by atoms with Crippen LogP contribution in [0.5, 0.6) is 0 Å². The number of para-hydroxylation sites is 1. The van der Waals surface area contributed by atoms with Crippen LogP contribution in [0.15, 0.2) is 47.4 Å². The monoisotopic (exact) mass is 412 g/mol. The molecule has 0 fully saturated rings. The summed E-state index contributed by atoms with van der Waals surface area (Å²) < 4.78 is 0. The number of fused-ring (bicyclic) bond motifs is 1. The predicted octanol–water partition coefficient (Wildman–Crippen LogP) is 2.67. The molecule has 0 spiro atoms. The summed E-state index contributed by atoms with van der Waals surface area (Å²) >= 11 is 1.82. The van der Waals surface area contributed by atoms with E-state index in [1.165, 1.54) is 0 Å². The van der Waals surface area contributed by atoms with Crippen LogP contribution in [-0.4, -0.2) is 43.7 Å². The number of rotatable bonds is 5. The number of amides is 2. The van der Waals surface area contributed by atoms with Crippen molar-refractivity contribution in [2.45, 2.75) is 37.3 Å². The standard InChI is InChI=1S/C23H29N3O2S/c1-16-8-7-9-19(18(16)3)24-22(27)14-25(4)15-23(28)26-13-12-17(2)29-21-11-6-5-10-20(21)26/h5-11,17H,12-15H2,1-4H3,(H,24,27)/p+1/t17-/m0/s1. The number of hydrogen-bond acceptors (Lipinski definition) is 3. The van der Waals surface area contributed by atoms with E-state index in [9.17, 15) is 9.59 Å². The Morgan fingerprint density at radius 2 is 1.90 bits per heavy atom. The average Bonchev–Trinajstić information content (AvgIpc) is 2.83. The number of carbonyl (C=O) groups is 2. The van der Waals surface area contributed by atoms with Gasteiger partial charge >= 0.3 is 0 Å². The summed E-state index contributed by atoms with van der Waals surface area (Å²) in [6, 6.07) is 14.0. The van der Waals surface area contributed by atoms with E-state index in [0.717, 1.165) is 38.7 Å². The Kier molecular flexibility index (Phi) is 6.98. The zero-order chi connectivity index (χ0) is 21.0. The van der Waals surface area contributed by atoms with E-state index in [1.54, 1.807) is 0 Å². The second kappa shape index (κ2) is 9.46. The highest BCUT2D eigenvalue weighted by Crippen LogP contribution is 2.37. The fraction of sp³-hybridized carbons (Fsp3) is 0.391. The molecule has 2 aromatic rings. The number of nitrogens with zero attached hydrogens (tertiary/aromatic N) is 1. The zero-order valence-corrected chi connectivity index (χ0v) is 18.4. The van der Waals surface area contributed by atoms with Gasteiger partial charge in [0.15, 0.2) is 13.1 Å². The number of hydrogen-bond donors (Lipinski definition) is 2. The van der Waals surface area contributed by atoms with E-state index in [2.05, 4.69) is 18.3 Å². The van der Waals surface area contributed by atoms with Gasteiger partial charge < -0.3 is 15.1 Å². The molecule has 2 N–H and O–H groups in total. The smallest absolute Gasteiger partial charge is 0.282 e. The van der Waals surface area contributed by atoms with Crippen LogP contribution in [0.25, 0.3) is 0 Å². The van der Waals surface area contributed by atoms with Crippen molar-refractivity contribution >= 4 is 35.0 Å². The summed E-state index contributed by atoms with van der Waals surface area (Å²) in [7, 11) is 1.89. The lowest BCUT2D eigenvalue weighted by atomic mass is 10.1. The SMILES string of the molecule is Cc1cccc(NC(=O)C[NH+](C)CC(=O)N2CC[C@H](C)Sc3ccccc32)c1C. The molecule has 29 heavy (non-hydrogen) atoms. The van der Waals surface area contributed by atoms with Gasteiger partial charge in [-0.15, -0.1) is 11.8 Å². The second-order valence-corrected chi connectivity index (χ2v) is 9.32. The van der Waals surface area contributed by atoms with Crippen molar-refractivity contribution in [1.82, 2.24) is 0 Å². The lowest BCUT2D eigenvalue weighted by Gasteiger charge is -2.24. The Hall–Kier alpha value is -2.31. The van der Waals surface area contributed by atoms with Gasteiger partial charge in [-0.3, -0.25) is 9.59 Å². The maximum absolute atomic E-state index is 13.0. The molecule has 154 valence electrons. The molecule has 0 radical (unpaired) electrons. The van der Waals surface area contributed by atoms with Crippen LogP contribution in [-0.2, 0) is 9.59 Å². The molecular weight excluding hydrogens is 382 g/mol. The number of benzene rings is 2. The quantitative estimate of drug-likeness (QED) is 0.794. The first-order valence-electron chi connectivity index (χ1n) is 10.1. The summed E-state index contributed by atoms with van der Waals surface area (Å²) in [6.45, 7) is 7.48. The molecule has 1 aliphatic rings. The maximum atomic E-state index is 13.0. The van der Waals surface area contributed by atoms with E-state index < -0.39 is 0 Å². The van der Waals surface area contributed by atoms with Gasteiger partial charge in [0.2, 0.25) is 0 Å². The van der Waals surface area contributed by atoms with Crippen molar-refractivity contribution < 1.29 is 14.5 Å². The normalized spacial score (nSPS) is 17.2. The molecule has 2 amide bonds. The molecule has 0 saturated carbocycles. The number of aryl methyl sites for hydroxylation is 1. The molecular formula is C23H30N3O2S+. The first kappa shape index (κ1) is 21.4. The molecule has 2 atom stereocenters. The fourth-order valence-electron chi connectivity index (χ4n) is 3.52. The molecule has 3 rings (SSSR count). The third-order valence-electron chi connectivity index (χ3n) is 5.34. The first-order valence-corrected chi connectivity index (χ1v) is 11.0. The van der Waals surface area contributed by atoms with Gasteiger partial charge in [0.25, 0.3) is 11.8 Å². The third-order valence-corrected chi connectivity index (χ3v) is 6.58. The largest absolute Gasteiger partial charge is 0.322 e. The lowest BCUT2D eigenvalue weighted by Crippen LogP contribution is -3.11. The Bertz CT molecular complexity index is 899. The molecule has 2 aromatic carbocycles. The maximum Gasteiger partial charge on any atom is 0.282 e. The van der Waals surface area contributed by atoms with Crippen LogP contribution in [0.3, 0.4) is 0 Å². The van der Waals surface area contributed by atoms with Crippen LogP contribution in [0.1, 0.15) is 24.5 Å². The van der Waals surface area contributed by atoms with Gasteiger partial charge in [0.05, 0.1) is 12.7 Å². The minimum atomic E-state index is -0.0792. The molecule has 0 bridgehead atoms. The average molecular weight is 413 g/mol. The molecule has 1 unspecified atom stereocenters. The Morgan fingerprint density at radius 3 is 2.69 bits per heavy atom. The van der Waals surface area contributed by atoms with Gasteiger partial charge in [-0.2, -0.15) is 0 Å². The van der Waals surface area contributed by atoms with Gasteiger partial charge in [-0.25, -0.2) is 0 Å². The van der Waals surface area contributed by atoms with E-state index >= 15 is 0 Å². The van der Waals surface area contributed by atoms with Crippen molar-refractivity contribution in [3.63, 3.8) is 0 Å². The van der Waals surface area contributed by atoms with Gasteiger partial charge in [0.1, 0.15) is 0 Å². The predicted molar refractivity (Wildman–Crippen MR) is 120 cm³/mol. The fourth-order valence-corrected chi connectivity index (χ4v) is 4.63. The molecule has 0 saturated heterocycles. The lowest BCUT2D eigenvalue weighted by molar-refractivity contribution is -0.862. The highest BCUT2D eigenvalue weighted by atomic mass is 32.2. The van der Waals surface area contributed by atoms with Gasteiger partial charge in [0, 0.05) is 22.4 Å². The summed E-state index contributed by atoms with van der Waals surface area (Å²) in [5.41, 5.74) is 4.04. The second-order valence-electron chi connectivity index (χ2n) is 7.84. The number of thioether (sulfide) groups is 1. The van der Waals surface area contributed by atoms with Crippen molar-refractivity contribution in [2.75, 3.05) is 36.9 Å². The minimum absolute atomic E-state index is 0.0594. The molecule has 0 aromatic heterocycles. The van der Waals surface area contributed by atoms with Gasteiger partial charge in [-0.05, 0) is 49.6 Å². The van der Waals surface area contributed by atoms with E-state index in [0.29, 0.717) is 11.8 Å². The van der Waals surface area contributed by atoms with Crippen molar-refractivity contribution in [2.24, 2.45) is 0 Å². The van der Waals surface area contributed by atoms with E-state index in [1.807, 2.05) is 74.0 Å². The third kappa shape index (κ3) is 5.40.